The average Bonchev–Trinajstić information content (AvgIpc) is 2.90. The van der Waals surface area contributed by atoms with E-state index in [2.05, 4.69) is 10.3 Å². The van der Waals surface area contributed by atoms with Gasteiger partial charge in [-0.15, -0.1) is 5.10 Å². The number of methoxy groups -OCH3 is 1. The summed E-state index contributed by atoms with van der Waals surface area (Å²) >= 11 is 0. The fourth-order valence-electron chi connectivity index (χ4n) is 2.13. The third-order valence-electron chi connectivity index (χ3n) is 3.24. The fourth-order valence-corrected chi connectivity index (χ4v) is 2.13. The summed E-state index contributed by atoms with van der Waals surface area (Å²) in [7, 11) is 1.58. The molecule has 0 aliphatic heterocycles. The number of hydrogen-bond acceptors (Lipinski definition) is 5. The number of nitrogens with zero attached hydrogens (tertiary/aromatic N) is 4. The summed E-state index contributed by atoms with van der Waals surface area (Å²) in [6.45, 7) is 4.62. The molecule has 0 aromatic carbocycles. The van der Waals surface area contributed by atoms with E-state index in [9.17, 15) is 9.59 Å². The number of amides is 1. The maximum atomic E-state index is 12.5. The first-order chi connectivity index (χ1) is 10.0. The molecule has 0 aliphatic rings. The molecule has 1 amide bonds. The average molecular weight is 298 g/mol. The highest BCUT2D eigenvalue weighted by atomic mass is 16.5. The van der Waals surface area contributed by atoms with Gasteiger partial charge in [0.1, 0.15) is 6.54 Å². The van der Waals surface area contributed by atoms with E-state index in [-0.39, 0.29) is 24.2 Å². The van der Waals surface area contributed by atoms with Crippen molar-refractivity contribution in [3.8, 4) is 0 Å². The van der Waals surface area contributed by atoms with Crippen LogP contribution in [0, 0.1) is 0 Å². The highest BCUT2D eigenvalue weighted by Gasteiger charge is 2.24. The molecule has 118 valence electrons. The van der Waals surface area contributed by atoms with Gasteiger partial charge in [0.25, 0.3) is 5.91 Å². The Balaban J connectivity index is 2.87. The van der Waals surface area contributed by atoms with Crippen LogP contribution in [-0.4, -0.2) is 63.2 Å². The lowest BCUT2D eigenvalue weighted by molar-refractivity contribution is -0.137. The normalized spacial score (nSPS) is 10.9. The van der Waals surface area contributed by atoms with Crippen LogP contribution in [0.1, 0.15) is 37.2 Å². The third kappa shape index (κ3) is 4.82. The van der Waals surface area contributed by atoms with Gasteiger partial charge >= 0.3 is 5.97 Å². The van der Waals surface area contributed by atoms with Gasteiger partial charge in [-0.25, -0.2) is 4.68 Å². The minimum Gasteiger partial charge on any atom is -0.480 e. The summed E-state index contributed by atoms with van der Waals surface area (Å²) in [5.41, 5.74) is 0.152. The van der Waals surface area contributed by atoms with Gasteiger partial charge in [-0.1, -0.05) is 19.1 Å². The predicted octanol–water partition coefficient (Wildman–Crippen LogP) is 0.640. The molecule has 1 aromatic heterocycles. The Morgan fingerprint density at radius 1 is 1.43 bits per heavy atom. The number of rotatable bonds is 9. The van der Waals surface area contributed by atoms with Gasteiger partial charge in [-0.3, -0.25) is 9.59 Å². The van der Waals surface area contributed by atoms with Gasteiger partial charge in [0, 0.05) is 19.7 Å². The maximum Gasteiger partial charge on any atom is 0.325 e. The predicted molar refractivity (Wildman–Crippen MR) is 74.9 cm³/mol. The summed E-state index contributed by atoms with van der Waals surface area (Å²) < 4.78 is 6.18. The largest absolute Gasteiger partial charge is 0.480 e. The molecule has 0 fully saturated rings. The molecule has 0 spiro atoms. The molecule has 1 rings (SSSR count). The Morgan fingerprint density at radius 2 is 2.10 bits per heavy atom. The second-order valence-corrected chi connectivity index (χ2v) is 4.66. The van der Waals surface area contributed by atoms with E-state index in [1.165, 1.54) is 6.20 Å². The number of carbonyl (C=O) groups excluding carboxylic acids is 1. The van der Waals surface area contributed by atoms with Crippen molar-refractivity contribution in [1.82, 2.24) is 19.9 Å². The molecule has 0 saturated carbocycles. The minimum atomic E-state index is -1.03. The number of hydrogen-bond donors (Lipinski definition) is 1. The zero-order valence-corrected chi connectivity index (χ0v) is 12.7. The summed E-state index contributed by atoms with van der Waals surface area (Å²) in [6.07, 6.45) is 3.02. The van der Waals surface area contributed by atoms with Crippen molar-refractivity contribution < 1.29 is 19.4 Å². The fraction of sp³-hybridized carbons (Fsp3) is 0.692. The second-order valence-electron chi connectivity index (χ2n) is 4.66. The van der Waals surface area contributed by atoms with Crippen LogP contribution in [0.25, 0.3) is 0 Å². The number of aliphatic carboxylic acids is 1. The quantitative estimate of drug-likeness (QED) is 0.718. The molecule has 0 saturated heterocycles. The molecule has 21 heavy (non-hydrogen) atoms. The zero-order chi connectivity index (χ0) is 15.8. The van der Waals surface area contributed by atoms with Gasteiger partial charge in [0.15, 0.2) is 5.69 Å². The molecule has 0 unspecified atom stereocenters. The number of ether oxygens (including phenoxy) is 1. The van der Waals surface area contributed by atoms with E-state index in [1.54, 1.807) is 12.0 Å². The Bertz CT molecular complexity index is 470. The first-order valence-electron chi connectivity index (χ1n) is 6.95. The summed E-state index contributed by atoms with van der Waals surface area (Å²) in [6, 6.07) is 0.0947. The molecular weight excluding hydrogens is 276 g/mol. The monoisotopic (exact) mass is 298 g/mol. The van der Waals surface area contributed by atoms with E-state index in [1.807, 2.05) is 13.8 Å². The van der Waals surface area contributed by atoms with Crippen molar-refractivity contribution in [2.45, 2.75) is 39.3 Å². The van der Waals surface area contributed by atoms with Crippen molar-refractivity contribution in [2.24, 2.45) is 0 Å². The molecule has 8 heteroatoms. The summed E-state index contributed by atoms with van der Waals surface area (Å²) in [5.74, 6) is -1.28. The van der Waals surface area contributed by atoms with Crippen LogP contribution in [0.15, 0.2) is 6.20 Å². The van der Waals surface area contributed by atoms with Crippen LogP contribution in [0.4, 0.5) is 0 Å². The van der Waals surface area contributed by atoms with E-state index < -0.39 is 5.97 Å². The molecule has 0 radical (unpaired) electrons. The molecule has 8 nitrogen and oxygen atoms in total. The van der Waals surface area contributed by atoms with E-state index >= 15 is 0 Å². The van der Waals surface area contributed by atoms with Crippen molar-refractivity contribution in [3.63, 3.8) is 0 Å². The summed E-state index contributed by atoms with van der Waals surface area (Å²) in [5, 5.41) is 16.1. The molecule has 1 heterocycles. The maximum absolute atomic E-state index is 12.5. The van der Waals surface area contributed by atoms with Crippen LogP contribution >= 0.6 is 0 Å². The molecule has 0 aliphatic carbocycles. The van der Waals surface area contributed by atoms with E-state index in [0.717, 1.165) is 17.5 Å². The number of carboxylic acids is 1. The van der Waals surface area contributed by atoms with Gasteiger partial charge in [-0.05, 0) is 12.8 Å². The van der Waals surface area contributed by atoms with Crippen molar-refractivity contribution in [3.05, 3.63) is 11.9 Å². The standard InChI is InChI=1S/C13H22N4O4/c1-4-10(5-2)17(6-7-21-3)13(20)11-8-16(15-14-11)9-12(18)19/h8,10H,4-7,9H2,1-3H3,(H,18,19). The van der Waals surface area contributed by atoms with Crippen molar-refractivity contribution in [2.75, 3.05) is 20.3 Å². The van der Waals surface area contributed by atoms with Gasteiger partial charge in [-0.2, -0.15) is 0 Å². The van der Waals surface area contributed by atoms with Crippen LogP contribution in [0.2, 0.25) is 0 Å². The lowest BCUT2D eigenvalue weighted by Crippen LogP contribution is -2.42. The van der Waals surface area contributed by atoms with Crippen LogP contribution in [0.5, 0.6) is 0 Å². The van der Waals surface area contributed by atoms with Crippen LogP contribution in [-0.2, 0) is 16.1 Å². The van der Waals surface area contributed by atoms with Gasteiger partial charge in [0.05, 0.1) is 12.8 Å². The Labute approximate surface area is 123 Å². The Kier molecular flexibility index (Phi) is 6.80. The first-order valence-corrected chi connectivity index (χ1v) is 6.95. The number of carbonyl (C=O) groups is 2. The third-order valence-corrected chi connectivity index (χ3v) is 3.24. The van der Waals surface area contributed by atoms with Crippen molar-refractivity contribution >= 4 is 11.9 Å². The molecule has 0 bridgehead atoms. The lowest BCUT2D eigenvalue weighted by Gasteiger charge is -2.29. The molecule has 1 N–H and O–H groups in total. The van der Waals surface area contributed by atoms with Crippen molar-refractivity contribution in [1.29, 1.82) is 0 Å². The topological polar surface area (TPSA) is 97.5 Å². The zero-order valence-electron chi connectivity index (χ0n) is 12.7. The Morgan fingerprint density at radius 3 is 2.62 bits per heavy atom. The lowest BCUT2D eigenvalue weighted by atomic mass is 10.1. The van der Waals surface area contributed by atoms with E-state index in [4.69, 9.17) is 9.84 Å². The van der Waals surface area contributed by atoms with Crippen LogP contribution in [0.3, 0.4) is 0 Å². The highest BCUT2D eigenvalue weighted by molar-refractivity contribution is 5.92. The number of aromatic nitrogens is 3. The first kappa shape index (κ1) is 17.1. The summed E-state index contributed by atoms with van der Waals surface area (Å²) in [4.78, 5) is 24.8. The second kappa shape index (κ2) is 8.35. The number of carboxylic acid groups (broad SMARTS) is 1. The molecule has 1 aromatic rings. The van der Waals surface area contributed by atoms with Crippen LogP contribution < -0.4 is 0 Å². The highest BCUT2D eigenvalue weighted by Crippen LogP contribution is 2.12. The SMILES string of the molecule is CCC(CC)N(CCOC)C(=O)c1cn(CC(=O)O)nn1. The molecule has 0 atom stereocenters. The van der Waals surface area contributed by atoms with E-state index in [0.29, 0.717) is 13.2 Å². The smallest absolute Gasteiger partial charge is 0.325 e. The minimum absolute atomic E-state index is 0.0947. The molecular formula is C13H22N4O4. The van der Waals surface area contributed by atoms with Gasteiger partial charge < -0.3 is 14.7 Å². The van der Waals surface area contributed by atoms with Gasteiger partial charge in [0.2, 0.25) is 0 Å². The Hall–Kier alpha value is -1.96.